The third kappa shape index (κ3) is 4.57. The third-order valence-electron chi connectivity index (χ3n) is 4.04. The molecule has 0 saturated carbocycles. The zero-order valence-electron chi connectivity index (χ0n) is 14.1. The summed E-state index contributed by atoms with van der Waals surface area (Å²) in [6.45, 7) is 4.36. The Morgan fingerprint density at radius 3 is 2.71 bits per heavy atom. The molecule has 1 saturated heterocycles. The van der Waals surface area contributed by atoms with Gasteiger partial charge in [0.1, 0.15) is 6.04 Å². The average molecular weight is 332 g/mol. The van der Waals surface area contributed by atoms with E-state index in [-0.39, 0.29) is 17.7 Å². The minimum absolute atomic E-state index is 0.101. The number of carboxylic acids is 1. The van der Waals surface area contributed by atoms with Crippen LogP contribution in [0.25, 0.3) is 0 Å². The van der Waals surface area contributed by atoms with Gasteiger partial charge in [0.15, 0.2) is 0 Å². The molecule has 0 aliphatic carbocycles. The van der Waals surface area contributed by atoms with Crippen molar-refractivity contribution in [2.75, 3.05) is 11.9 Å². The molecule has 1 heterocycles. The molecule has 1 atom stereocenters. The molecule has 1 aromatic rings. The van der Waals surface area contributed by atoms with Crippen LogP contribution in [0, 0.1) is 5.92 Å². The number of likely N-dealkylation sites (tertiary alicyclic amines) is 1. The summed E-state index contributed by atoms with van der Waals surface area (Å²) in [5.74, 6) is -1.12. The number of nitrogens with zero attached hydrogens (tertiary/aromatic N) is 1. The van der Waals surface area contributed by atoms with Gasteiger partial charge in [-0.1, -0.05) is 19.9 Å². The Balaban J connectivity index is 2.13. The zero-order chi connectivity index (χ0) is 17.7. The van der Waals surface area contributed by atoms with Gasteiger partial charge in [0, 0.05) is 24.2 Å². The molecule has 6 heteroatoms. The van der Waals surface area contributed by atoms with E-state index in [9.17, 15) is 19.5 Å². The van der Waals surface area contributed by atoms with Gasteiger partial charge < -0.3 is 15.3 Å². The molecular formula is C18H24N2O4. The predicted molar refractivity (Wildman–Crippen MR) is 90.8 cm³/mol. The zero-order valence-corrected chi connectivity index (χ0v) is 14.1. The van der Waals surface area contributed by atoms with Gasteiger partial charge >= 0.3 is 5.97 Å². The van der Waals surface area contributed by atoms with Crippen LogP contribution in [0.4, 0.5) is 5.69 Å². The van der Waals surface area contributed by atoms with E-state index >= 15 is 0 Å². The summed E-state index contributed by atoms with van der Waals surface area (Å²) in [5.41, 5.74) is 0.945. The average Bonchev–Trinajstić information content (AvgIpc) is 2.53. The van der Waals surface area contributed by atoms with Gasteiger partial charge in [-0.3, -0.25) is 9.59 Å². The smallest absolute Gasteiger partial charge is 0.326 e. The summed E-state index contributed by atoms with van der Waals surface area (Å²) in [6.07, 6.45) is 2.50. The first-order valence-electron chi connectivity index (χ1n) is 8.32. The van der Waals surface area contributed by atoms with Crippen LogP contribution in [-0.4, -0.2) is 40.4 Å². The van der Waals surface area contributed by atoms with Crippen LogP contribution in [0.2, 0.25) is 0 Å². The highest BCUT2D eigenvalue weighted by molar-refractivity contribution is 5.99. The molecule has 2 rings (SSSR count). The number of carbonyl (C=O) groups excluding carboxylic acids is 2. The Kier molecular flexibility index (Phi) is 5.95. The van der Waals surface area contributed by atoms with Crippen molar-refractivity contribution in [2.24, 2.45) is 5.92 Å². The lowest BCUT2D eigenvalue weighted by Crippen LogP contribution is -2.48. The highest BCUT2D eigenvalue weighted by Crippen LogP contribution is 2.21. The number of carbonyl (C=O) groups is 3. The minimum atomic E-state index is -0.968. The lowest BCUT2D eigenvalue weighted by atomic mass is 10.0. The number of rotatable bonds is 5. The minimum Gasteiger partial charge on any atom is -0.480 e. The second kappa shape index (κ2) is 7.95. The van der Waals surface area contributed by atoms with Crippen LogP contribution in [0.5, 0.6) is 0 Å². The molecule has 0 spiro atoms. The molecular weight excluding hydrogens is 308 g/mol. The summed E-state index contributed by atoms with van der Waals surface area (Å²) in [7, 11) is 0. The van der Waals surface area contributed by atoms with Gasteiger partial charge in [0.05, 0.1) is 0 Å². The number of anilines is 1. The third-order valence-corrected chi connectivity index (χ3v) is 4.04. The van der Waals surface area contributed by atoms with Crippen LogP contribution in [0.1, 0.15) is 49.9 Å². The standard InChI is InChI=1S/C18H24N2O4/c1-12(2)10-16(21)19-14-7-5-6-13(11-14)17(22)20-9-4-3-8-15(20)18(23)24/h5-7,11-12,15H,3-4,8-10H2,1-2H3,(H,19,21)(H,23,24). The first kappa shape index (κ1) is 18.0. The first-order valence-corrected chi connectivity index (χ1v) is 8.32. The van der Waals surface area contributed by atoms with E-state index in [0.29, 0.717) is 30.6 Å². The van der Waals surface area contributed by atoms with Crippen molar-refractivity contribution in [1.82, 2.24) is 4.90 Å². The Bertz CT molecular complexity index is 627. The number of aliphatic carboxylic acids is 1. The first-order chi connectivity index (χ1) is 11.4. The molecule has 130 valence electrons. The lowest BCUT2D eigenvalue weighted by molar-refractivity contribution is -0.143. The molecule has 1 aromatic carbocycles. The van der Waals surface area contributed by atoms with E-state index in [2.05, 4.69) is 5.32 Å². The molecule has 6 nitrogen and oxygen atoms in total. The number of nitrogens with one attached hydrogen (secondary N) is 1. The number of hydrogen-bond acceptors (Lipinski definition) is 3. The van der Waals surface area contributed by atoms with Gasteiger partial charge in [0.25, 0.3) is 5.91 Å². The van der Waals surface area contributed by atoms with Crippen molar-refractivity contribution in [3.8, 4) is 0 Å². The van der Waals surface area contributed by atoms with E-state index in [1.807, 2.05) is 13.8 Å². The Labute approximate surface area is 141 Å². The van der Waals surface area contributed by atoms with E-state index in [4.69, 9.17) is 0 Å². The molecule has 1 aliphatic rings. The fraction of sp³-hybridized carbons (Fsp3) is 0.500. The van der Waals surface area contributed by atoms with E-state index in [0.717, 1.165) is 12.8 Å². The van der Waals surface area contributed by atoms with Gasteiger partial charge in [-0.05, 0) is 43.4 Å². The van der Waals surface area contributed by atoms with Crippen molar-refractivity contribution in [2.45, 2.75) is 45.6 Å². The van der Waals surface area contributed by atoms with Crippen molar-refractivity contribution >= 4 is 23.5 Å². The monoisotopic (exact) mass is 332 g/mol. The van der Waals surface area contributed by atoms with Gasteiger partial charge in [-0.2, -0.15) is 0 Å². The van der Waals surface area contributed by atoms with Crippen LogP contribution >= 0.6 is 0 Å². The maximum absolute atomic E-state index is 12.7. The fourth-order valence-corrected chi connectivity index (χ4v) is 2.91. The molecule has 0 bridgehead atoms. The summed E-state index contributed by atoms with van der Waals surface area (Å²) in [5, 5.41) is 12.1. The molecule has 0 radical (unpaired) electrons. The number of piperidine rings is 1. The summed E-state index contributed by atoms with van der Waals surface area (Å²) in [6, 6.07) is 5.89. The number of benzene rings is 1. The summed E-state index contributed by atoms with van der Waals surface area (Å²) >= 11 is 0. The molecule has 1 unspecified atom stereocenters. The van der Waals surface area contributed by atoms with Crippen LogP contribution in [-0.2, 0) is 9.59 Å². The topological polar surface area (TPSA) is 86.7 Å². The van der Waals surface area contributed by atoms with Gasteiger partial charge in [-0.15, -0.1) is 0 Å². The molecule has 24 heavy (non-hydrogen) atoms. The lowest BCUT2D eigenvalue weighted by Gasteiger charge is -2.33. The van der Waals surface area contributed by atoms with E-state index < -0.39 is 12.0 Å². The maximum atomic E-state index is 12.7. The maximum Gasteiger partial charge on any atom is 0.326 e. The van der Waals surface area contributed by atoms with Crippen molar-refractivity contribution in [3.05, 3.63) is 29.8 Å². The molecule has 0 aromatic heterocycles. The summed E-state index contributed by atoms with van der Waals surface area (Å²) in [4.78, 5) is 37.3. The van der Waals surface area contributed by atoms with Gasteiger partial charge in [-0.25, -0.2) is 4.79 Å². The molecule has 2 amide bonds. The van der Waals surface area contributed by atoms with E-state index in [1.165, 1.54) is 4.90 Å². The highest BCUT2D eigenvalue weighted by atomic mass is 16.4. The molecule has 1 aliphatic heterocycles. The molecule has 1 fully saturated rings. The Hall–Kier alpha value is -2.37. The number of carboxylic acid groups (broad SMARTS) is 1. The Morgan fingerprint density at radius 1 is 1.29 bits per heavy atom. The van der Waals surface area contributed by atoms with Crippen molar-refractivity contribution in [3.63, 3.8) is 0 Å². The van der Waals surface area contributed by atoms with Crippen LogP contribution < -0.4 is 5.32 Å². The second-order valence-electron chi connectivity index (χ2n) is 6.58. The largest absolute Gasteiger partial charge is 0.480 e. The SMILES string of the molecule is CC(C)CC(=O)Nc1cccc(C(=O)N2CCCCC2C(=O)O)c1. The van der Waals surface area contributed by atoms with E-state index in [1.54, 1.807) is 24.3 Å². The number of amides is 2. The normalized spacial score (nSPS) is 17.6. The second-order valence-corrected chi connectivity index (χ2v) is 6.58. The summed E-state index contributed by atoms with van der Waals surface area (Å²) < 4.78 is 0. The fourth-order valence-electron chi connectivity index (χ4n) is 2.91. The van der Waals surface area contributed by atoms with Crippen molar-refractivity contribution in [1.29, 1.82) is 0 Å². The van der Waals surface area contributed by atoms with Crippen LogP contribution in [0.3, 0.4) is 0 Å². The van der Waals surface area contributed by atoms with Gasteiger partial charge in [0.2, 0.25) is 5.91 Å². The Morgan fingerprint density at radius 2 is 2.04 bits per heavy atom. The van der Waals surface area contributed by atoms with Crippen LogP contribution in [0.15, 0.2) is 24.3 Å². The molecule has 2 N–H and O–H groups in total. The highest BCUT2D eigenvalue weighted by Gasteiger charge is 2.32. The van der Waals surface area contributed by atoms with Crippen molar-refractivity contribution < 1.29 is 19.5 Å². The predicted octanol–water partition coefficient (Wildman–Crippen LogP) is 2.75. The number of hydrogen-bond donors (Lipinski definition) is 2. The quantitative estimate of drug-likeness (QED) is 0.868.